The largest absolute Gasteiger partial charge is 0.113 e. The first-order valence-electron chi connectivity index (χ1n) is 8.28. The molecule has 6 aliphatic rings. The summed E-state index contributed by atoms with van der Waals surface area (Å²) in [4.78, 5) is 0. The van der Waals surface area contributed by atoms with Crippen LogP contribution in [0.2, 0.25) is 0 Å². The molecule has 0 unspecified atom stereocenters. The molecule has 20 heavy (non-hydrogen) atoms. The molecule has 4 aliphatic carbocycles. The van der Waals surface area contributed by atoms with Crippen molar-refractivity contribution in [1.82, 2.24) is 0 Å². The number of hydrogen-bond donors (Lipinski definition) is 0. The van der Waals surface area contributed by atoms with E-state index in [0.717, 1.165) is 44.7 Å². The van der Waals surface area contributed by atoms with Crippen molar-refractivity contribution in [2.45, 2.75) is 59.5 Å². The Morgan fingerprint density at radius 3 is 1.10 bits per heavy atom. The molecular weight excluding hydrogens is 320 g/mol. The first-order chi connectivity index (χ1) is 9.87. The second-order valence-corrected chi connectivity index (χ2v) is 12.8. The van der Waals surface area contributed by atoms with E-state index < -0.39 is 0 Å². The van der Waals surface area contributed by atoms with Gasteiger partial charge >= 0.3 is 0 Å². The number of fused-ring (bicyclic) bond motifs is 10. The van der Waals surface area contributed by atoms with Crippen molar-refractivity contribution < 1.29 is 0 Å². The van der Waals surface area contributed by atoms with Crippen molar-refractivity contribution in [2.24, 2.45) is 23.7 Å². The predicted octanol–water partition coefficient (Wildman–Crippen LogP) is 5.41. The van der Waals surface area contributed by atoms with Crippen LogP contribution in [-0.4, -0.2) is 21.0 Å². The van der Waals surface area contributed by atoms with E-state index in [1.807, 2.05) is 0 Å². The lowest BCUT2D eigenvalue weighted by atomic mass is 10.00. The van der Waals surface area contributed by atoms with Gasteiger partial charge in [0.15, 0.2) is 0 Å². The Morgan fingerprint density at radius 2 is 0.800 bits per heavy atom. The highest BCUT2D eigenvalue weighted by Crippen LogP contribution is 2.69. The lowest BCUT2D eigenvalue weighted by Crippen LogP contribution is -2.22. The van der Waals surface area contributed by atoms with Crippen LogP contribution in [0, 0.1) is 23.7 Å². The zero-order valence-corrected chi connectivity index (χ0v) is 14.8. The van der Waals surface area contributed by atoms with Gasteiger partial charge < -0.3 is 0 Å². The number of thioether (sulfide) groups is 4. The summed E-state index contributed by atoms with van der Waals surface area (Å²) in [5, 5.41) is 4.00. The van der Waals surface area contributed by atoms with Crippen molar-refractivity contribution in [3.8, 4) is 0 Å². The zero-order valence-electron chi connectivity index (χ0n) is 11.5. The van der Waals surface area contributed by atoms with E-state index in [0.29, 0.717) is 0 Å². The van der Waals surface area contributed by atoms with Crippen LogP contribution < -0.4 is 0 Å². The fourth-order valence-electron chi connectivity index (χ4n) is 5.77. The summed E-state index contributed by atoms with van der Waals surface area (Å²) < 4.78 is 3.53. The SMILES string of the molecule is C1C[C@H]2C[C@H]1[C@H]1SC(=C3S[C@H]4[C@H]5CC[C@@H](C5)[C@@H]4S3)S[C@@H]21. The van der Waals surface area contributed by atoms with Crippen LogP contribution in [0.5, 0.6) is 0 Å². The van der Waals surface area contributed by atoms with Gasteiger partial charge in [-0.05, 0) is 62.2 Å². The Labute approximate surface area is 138 Å². The van der Waals surface area contributed by atoms with E-state index in [-0.39, 0.29) is 0 Å². The molecule has 4 saturated carbocycles. The Morgan fingerprint density at radius 1 is 0.500 bits per heavy atom. The highest BCUT2D eigenvalue weighted by Gasteiger charge is 2.56. The van der Waals surface area contributed by atoms with Gasteiger partial charge in [-0.15, -0.1) is 47.0 Å². The molecule has 0 aromatic carbocycles. The van der Waals surface area contributed by atoms with E-state index in [9.17, 15) is 0 Å². The first kappa shape index (κ1) is 12.5. The number of rotatable bonds is 0. The molecule has 0 amide bonds. The standard InChI is InChI=1S/C16H20S4/c1-2-8-5-7(1)11-12(8)18-15(17-11)16-19-13-9-3-4-10(6-9)14(13)20-16/h7-14H,1-6H2/t7-,8-,9-,10-,11-,12-,13-,14+/m0/s1. The van der Waals surface area contributed by atoms with Crippen molar-refractivity contribution in [2.75, 3.05) is 0 Å². The molecule has 2 aliphatic heterocycles. The van der Waals surface area contributed by atoms with Gasteiger partial charge in [-0.25, -0.2) is 0 Å². The third-order valence-electron chi connectivity index (χ3n) is 6.67. The topological polar surface area (TPSA) is 0 Å². The van der Waals surface area contributed by atoms with E-state index in [2.05, 4.69) is 47.0 Å². The zero-order chi connectivity index (χ0) is 12.8. The molecule has 0 spiro atoms. The van der Waals surface area contributed by atoms with Gasteiger partial charge in [-0.1, -0.05) is 0 Å². The molecule has 4 bridgehead atoms. The Bertz CT molecular complexity index is 417. The van der Waals surface area contributed by atoms with E-state index >= 15 is 0 Å². The molecule has 6 fully saturated rings. The summed E-state index contributed by atoms with van der Waals surface area (Å²) >= 11 is 9.22. The van der Waals surface area contributed by atoms with Crippen molar-refractivity contribution in [1.29, 1.82) is 0 Å². The number of hydrogen-bond acceptors (Lipinski definition) is 4. The van der Waals surface area contributed by atoms with Gasteiger partial charge in [0.2, 0.25) is 0 Å². The minimum absolute atomic E-state index is 1.000. The third-order valence-corrected chi connectivity index (χ3v) is 14.2. The first-order valence-corrected chi connectivity index (χ1v) is 11.8. The van der Waals surface area contributed by atoms with Crippen LogP contribution in [0.1, 0.15) is 38.5 Å². The molecule has 4 heteroatoms. The molecule has 0 N–H and O–H groups in total. The monoisotopic (exact) mass is 340 g/mol. The Hall–Kier alpha value is 1.14. The average Bonchev–Trinajstić information content (AvgIpc) is 3.22. The van der Waals surface area contributed by atoms with E-state index in [4.69, 9.17) is 0 Å². The Kier molecular flexibility index (Phi) is 2.74. The highest BCUT2D eigenvalue weighted by atomic mass is 32.2. The quantitative estimate of drug-likeness (QED) is 0.578. The Balaban J connectivity index is 1.29. The van der Waals surface area contributed by atoms with E-state index in [1.54, 1.807) is 21.3 Å². The van der Waals surface area contributed by atoms with Crippen molar-refractivity contribution in [3.63, 3.8) is 0 Å². The smallest absolute Gasteiger partial charge is 0.0609 e. The summed E-state index contributed by atoms with van der Waals surface area (Å²) in [5.74, 6) is 4.31. The second kappa shape index (κ2) is 4.36. The molecule has 0 nitrogen and oxygen atoms in total. The van der Waals surface area contributed by atoms with Crippen LogP contribution in [0.15, 0.2) is 8.47 Å². The minimum atomic E-state index is 1.000. The van der Waals surface area contributed by atoms with E-state index in [1.165, 1.54) is 25.7 Å². The summed E-state index contributed by atoms with van der Waals surface area (Å²) in [6, 6.07) is 0. The van der Waals surface area contributed by atoms with Gasteiger partial charge in [-0.3, -0.25) is 0 Å². The summed E-state index contributed by atoms with van der Waals surface area (Å²) in [6.07, 6.45) is 9.28. The van der Waals surface area contributed by atoms with Crippen LogP contribution in [0.25, 0.3) is 0 Å². The maximum absolute atomic E-state index is 2.30. The lowest BCUT2D eigenvalue weighted by molar-refractivity contribution is 0.508. The molecule has 108 valence electrons. The second-order valence-electron chi connectivity index (χ2n) is 7.57. The molecule has 0 aromatic heterocycles. The average molecular weight is 341 g/mol. The summed E-state index contributed by atoms with van der Waals surface area (Å²) in [5.41, 5.74) is 0. The maximum Gasteiger partial charge on any atom is 0.0609 e. The fourth-order valence-corrected chi connectivity index (χ4v) is 13.9. The van der Waals surface area contributed by atoms with Gasteiger partial charge in [0.05, 0.1) is 8.47 Å². The van der Waals surface area contributed by atoms with Crippen LogP contribution >= 0.6 is 47.0 Å². The molecule has 8 atom stereocenters. The maximum atomic E-state index is 2.30. The van der Waals surface area contributed by atoms with Crippen LogP contribution in [-0.2, 0) is 0 Å². The van der Waals surface area contributed by atoms with Gasteiger partial charge in [0.1, 0.15) is 0 Å². The normalized spacial score (nSPS) is 58.8. The molecule has 2 saturated heterocycles. The predicted molar refractivity (Wildman–Crippen MR) is 94.2 cm³/mol. The van der Waals surface area contributed by atoms with Gasteiger partial charge in [0.25, 0.3) is 0 Å². The van der Waals surface area contributed by atoms with Crippen molar-refractivity contribution >= 4 is 47.0 Å². The summed E-state index contributed by atoms with van der Waals surface area (Å²) in [7, 11) is 0. The molecule has 2 heterocycles. The van der Waals surface area contributed by atoms with Crippen LogP contribution in [0.4, 0.5) is 0 Å². The third kappa shape index (κ3) is 1.58. The van der Waals surface area contributed by atoms with Gasteiger partial charge in [0, 0.05) is 21.0 Å². The minimum Gasteiger partial charge on any atom is -0.113 e. The lowest BCUT2D eigenvalue weighted by Gasteiger charge is -2.21. The molecule has 0 radical (unpaired) electrons. The fraction of sp³-hybridized carbons (Fsp3) is 0.875. The highest BCUT2D eigenvalue weighted by molar-refractivity contribution is 8.31. The van der Waals surface area contributed by atoms with Crippen molar-refractivity contribution in [3.05, 3.63) is 8.47 Å². The molecule has 0 aromatic rings. The van der Waals surface area contributed by atoms with Crippen LogP contribution in [0.3, 0.4) is 0 Å². The molecular formula is C16H20S4. The molecule has 6 rings (SSSR count). The summed E-state index contributed by atoms with van der Waals surface area (Å²) in [6.45, 7) is 0. The van der Waals surface area contributed by atoms with Gasteiger partial charge in [-0.2, -0.15) is 0 Å².